The van der Waals surface area contributed by atoms with E-state index < -0.39 is 0 Å². The van der Waals surface area contributed by atoms with Gasteiger partial charge in [-0.3, -0.25) is 15.6 Å². The summed E-state index contributed by atoms with van der Waals surface area (Å²) in [5.74, 6) is 0.235. The van der Waals surface area contributed by atoms with Crippen LogP contribution >= 0.6 is 44.1 Å². The van der Waals surface area contributed by atoms with Crippen LogP contribution in [0.2, 0.25) is 0 Å². The van der Waals surface area contributed by atoms with E-state index in [1.54, 1.807) is 12.1 Å². The molecule has 0 fully saturated rings. The van der Waals surface area contributed by atoms with Gasteiger partial charge in [-0.25, -0.2) is 0 Å². The molecule has 108 valence electrons. The first kappa shape index (κ1) is 16.9. The largest absolute Gasteiger partial charge is 0.483 e. The maximum absolute atomic E-state index is 11.5. The zero-order valence-corrected chi connectivity index (χ0v) is 14.4. The number of benzene rings is 1. The molecule has 0 bridgehead atoms. The number of hydrazine groups is 1. The summed E-state index contributed by atoms with van der Waals surface area (Å²) in [7, 11) is 0. The number of halogens is 2. The minimum absolute atomic E-state index is 0.128. The van der Waals surface area contributed by atoms with Crippen LogP contribution in [-0.4, -0.2) is 24.2 Å². The maximum Gasteiger partial charge on any atom is 0.276 e. The van der Waals surface area contributed by atoms with E-state index in [0.29, 0.717) is 17.4 Å². The lowest BCUT2D eigenvalue weighted by Gasteiger charge is -2.11. The summed E-state index contributed by atoms with van der Waals surface area (Å²) < 4.78 is 7.05. The highest BCUT2D eigenvalue weighted by Crippen LogP contribution is 2.27. The molecule has 1 rings (SSSR count). The van der Waals surface area contributed by atoms with Crippen molar-refractivity contribution in [1.82, 2.24) is 16.2 Å². The molecule has 1 aromatic rings. The average molecular weight is 423 g/mol. The number of nitrogens with one attached hydrogen (secondary N) is 3. The van der Waals surface area contributed by atoms with Crippen LogP contribution in [0.25, 0.3) is 0 Å². The van der Waals surface area contributed by atoms with E-state index in [0.717, 1.165) is 8.95 Å². The van der Waals surface area contributed by atoms with E-state index in [9.17, 15) is 4.79 Å². The first-order valence-corrected chi connectivity index (χ1v) is 7.53. The van der Waals surface area contributed by atoms with Gasteiger partial charge in [0.1, 0.15) is 5.75 Å². The van der Waals surface area contributed by atoms with Crippen molar-refractivity contribution in [2.75, 3.05) is 13.2 Å². The van der Waals surface area contributed by atoms with Gasteiger partial charge >= 0.3 is 0 Å². The van der Waals surface area contributed by atoms with Crippen LogP contribution < -0.4 is 20.9 Å². The van der Waals surface area contributed by atoms with Crippen LogP contribution in [0.4, 0.5) is 0 Å². The lowest BCUT2D eigenvalue weighted by molar-refractivity contribution is -0.123. The molecule has 0 aliphatic rings. The molecule has 0 heterocycles. The minimum Gasteiger partial charge on any atom is -0.483 e. The van der Waals surface area contributed by atoms with Gasteiger partial charge < -0.3 is 10.1 Å². The van der Waals surface area contributed by atoms with Gasteiger partial charge in [0.2, 0.25) is 0 Å². The second-order valence-corrected chi connectivity index (χ2v) is 5.71. The molecular formula is C12H13Br2N3O2S. The fourth-order valence-corrected chi connectivity index (χ4v) is 2.40. The number of hydrogen-bond acceptors (Lipinski definition) is 3. The van der Waals surface area contributed by atoms with Gasteiger partial charge in [-0.05, 0) is 46.3 Å². The van der Waals surface area contributed by atoms with Crippen molar-refractivity contribution in [3.05, 3.63) is 39.8 Å². The smallest absolute Gasteiger partial charge is 0.276 e. The van der Waals surface area contributed by atoms with Crippen molar-refractivity contribution in [3.8, 4) is 5.75 Å². The molecule has 0 saturated carbocycles. The molecule has 8 heteroatoms. The van der Waals surface area contributed by atoms with E-state index in [1.165, 1.54) is 0 Å². The predicted octanol–water partition coefficient (Wildman–Crippen LogP) is 2.27. The summed E-state index contributed by atoms with van der Waals surface area (Å²) in [5.41, 5.74) is 4.97. The monoisotopic (exact) mass is 421 g/mol. The standard InChI is InChI=1S/C12H13Br2N3O2S/c1-2-5-15-12(20)17-16-11(18)7-19-10-4-3-8(13)6-9(10)14/h2-4,6H,1,5,7H2,(H,16,18)(H2,15,17,20). The molecular weight excluding hydrogens is 410 g/mol. The average Bonchev–Trinajstić information content (AvgIpc) is 2.41. The van der Waals surface area contributed by atoms with Crippen LogP contribution in [0.5, 0.6) is 5.75 Å². The van der Waals surface area contributed by atoms with Crippen LogP contribution in [0.15, 0.2) is 39.8 Å². The second-order valence-electron chi connectivity index (χ2n) is 3.54. The fraction of sp³-hybridized carbons (Fsp3) is 0.167. The lowest BCUT2D eigenvalue weighted by atomic mass is 10.3. The molecule has 0 aliphatic carbocycles. The predicted molar refractivity (Wildman–Crippen MR) is 89.4 cm³/mol. The summed E-state index contributed by atoms with van der Waals surface area (Å²) in [6.07, 6.45) is 1.66. The van der Waals surface area contributed by atoms with Crippen molar-refractivity contribution in [2.24, 2.45) is 0 Å². The molecule has 20 heavy (non-hydrogen) atoms. The Morgan fingerprint density at radius 1 is 1.40 bits per heavy atom. The number of carbonyl (C=O) groups is 1. The van der Waals surface area contributed by atoms with E-state index >= 15 is 0 Å². The van der Waals surface area contributed by atoms with Crippen LogP contribution in [0.3, 0.4) is 0 Å². The number of rotatable bonds is 5. The Kier molecular flexibility index (Phi) is 7.56. The summed E-state index contributed by atoms with van der Waals surface area (Å²) in [4.78, 5) is 11.5. The molecule has 0 saturated heterocycles. The van der Waals surface area contributed by atoms with Crippen molar-refractivity contribution in [3.63, 3.8) is 0 Å². The molecule has 1 amide bonds. The van der Waals surface area contributed by atoms with Crippen molar-refractivity contribution in [2.45, 2.75) is 0 Å². The number of amides is 1. The molecule has 0 radical (unpaired) electrons. The van der Waals surface area contributed by atoms with Crippen LogP contribution in [-0.2, 0) is 4.79 Å². The molecule has 0 spiro atoms. The fourth-order valence-electron chi connectivity index (χ4n) is 1.11. The van der Waals surface area contributed by atoms with Gasteiger partial charge in [0, 0.05) is 11.0 Å². The molecule has 0 aliphatic heterocycles. The second kappa shape index (κ2) is 8.93. The van der Waals surface area contributed by atoms with E-state index in [-0.39, 0.29) is 12.5 Å². The Morgan fingerprint density at radius 3 is 2.80 bits per heavy atom. The third kappa shape index (κ3) is 6.36. The molecule has 5 nitrogen and oxygen atoms in total. The van der Waals surface area contributed by atoms with E-state index in [1.807, 2.05) is 12.1 Å². The maximum atomic E-state index is 11.5. The quantitative estimate of drug-likeness (QED) is 0.386. The molecule has 0 aromatic heterocycles. The SMILES string of the molecule is C=CCNC(=S)NNC(=O)COc1ccc(Br)cc1Br. The Bertz CT molecular complexity index is 511. The summed E-state index contributed by atoms with van der Waals surface area (Å²) in [5, 5.41) is 3.12. The zero-order chi connectivity index (χ0) is 15.0. The number of hydrogen-bond donors (Lipinski definition) is 3. The molecule has 0 unspecified atom stereocenters. The number of ether oxygens (including phenoxy) is 1. The normalized spacial score (nSPS) is 9.50. The van der Waals surface area contributed by atoms with Gasteiger partial charge in [-0.1, -0.05) is 22.0 Å². The summed E-state index contributed by atoms with van der Waals surface area (Å²) in [6, 6.07) is 5.41. The zero-order valence-electron chi connectivity index (χ0n) is 10.4. The Hall–Kier alpha value is -1.12. The van der Waals surface area contributed by atoms with Gasteiger partial charge in [-0.2, -0.15) is 0 Å². The van der Waals surface area contributed by atoms with E-state index in [2.05, 4.69) is 54.6 Å². The molecule has 3 N–H and O–H groups in total. The minimum atomic E-state index is -0.345. The number of thiocarbonyl (C=S) groups is 1. The highest BCUT2D eigenvalue weighted by atomic mass is 79.9. The topological polar surface area (TPSA) is 62.4 Å². The van der Waals surface area contributed by atoms with Crippen molar-refractivity contribution in [1.29, 1.82) is 0 Å². The molecule has 0 atom stereocenters. The summed E-state index contributed by atoms with van der Waals surface area (Å²) >= 11 is 11.6. The van der Waals surface area contributed by atoms with Gasteiger partial charge in [0.25, 0.3) is 5.91 Å². The highest BCUT2D eigenvalue weighted by molar-refractivity contribution is 9.11. The van der Waals surface area contributed by atoms with Gasteiger partial charge in [0.05, 0.1) is 4.47 Å². The van der Waals surface area contributed by atoms with Crippen LogP contribution in [0.1, 0.15) is 0 Å². The first-order valence-electron chi connectivity index (χ1n) is 5.54. The van der Waals surface area contributed by atoms with Gasteiger partial charge in [-0.15, -0.1) is 6.58 Å². The Balaban J connectivity index is 2.32. The third-order valence-electron chi connectivity index (χ3n) is 1.98. The van der Waals surface area contributed by atoms with Crippen molar-refractivity contribution >= 4 is 55.1 Å². The Labute approximate surface area is 139 Å². The Morgan fingerprint density at radius 2 is 2.15 bits per heavy atom. The first-order chi connectivity index (χ1) is 9.52. The van der Waals surface area contributed by atoms with Gasteiger partial charge in [0.15, 0.2) is 11.7 Å². The third-order valence-corrected chi connectivity index (χ3v) is 3.33. The van der Waals surface area contributed by atoms with Crippen molar-refractivity contribution < 1.29 is 9.53 Å². The summed E-state index contributed by atoms with van der Waals surface area (Å²) in [6.45, 7) is 3.93. The number of carbonyl (C=O) groups excluding carboxylic acids is 1. The lowest BCUT2D eigenvalue weighted by Crippen LogP contribution is -2.48. The molecule has 1 aromatic carbocycles. The van der Waals surface area contributed by atoms with E-state index in [4.69, 9.17) is 17.0 Å². The highest BCUT2D eigenvalue weighted by Gasteiger charge is 2.06. The van der Waals surface area contributed by atoms with Crippen LogP contribution in [0, 0.1) is 0 Å².